The van der Waals surface area contributed by atoms with E-state index < -0.39 is 11.9 Å². The highest BCUT2D eigenvalue weighted by atomic mass is 19.1. The quantitative estimate of drug-likeness (QED) is 0.843. The van der Waals surface area contributed by atoms with Crippen molar-refractivity contribution in [3.05, 3.63) is 29.6 Å². The topological polar surface area (TPSA) is 58.6 Å². The summed E-state index contributed by atoms with van der Waals surface area (Å²) in [5.41, 5.74) is 0.465. The first-order valence-electron chi connectivity index (χ1n) is 6.71. The minimum absolute atomic E-state index is 0.00162. The van der Waals surface area contributed by atoms with Gasteiger partial charge in [0.25, 0.3) is 5.91 Å². The van der Waals surface area contributed by atoms with Crippen molar-refractivity contribution >= 4 is 5.91 Å². The molecular formula is C15H22FNO3. The number of hydrogen-bond donors (Lipinski definition) is 2. The van der Waals surface area contributed by atoms with Crippen molar-refractivity contribution in [3.63, 3.8) is 0 Å². The lowest BCUT2D eigenvalue weighted by Crippen LogP contribution is -2.39. The molecule has 2 atom stereocenters. The average Bonchev–Trinajstić information content (AvgIpc) is 2.36. The Morgan fingerprint density at radius 1 is 1.35 bits per heavy atom. The van der Waals surface area contributed by atoms with Crippen molar-refractivity contribution < 1.29 is 19.0 Å². The number of aliphatic hydroxyl groups excluding tert-OH is 1. The van der Waals surface area contributed by atoms with Gasteiger partial charge in [-0.2, -0.15) is 0 Å². The van der Waals surface area contributed by atoms with Crippen LogP contribution in [0.2, 0.25) is 0 Å². The molecule has 1 aromatic carbocycles. The minimum atomic E-state index is -0.742. The fourth-order valence-corrected chi connectivity index (χ4v) is 1.50. The highest BCUT2D eigenvalue weighted by Gasteiger charge is 2.13. The minimum Gasteiger partial charge on any atom is -0.481 e. The first-order chi connectivity index (χ1) is 9.31. The molecule has 112 valence electrons. The van der Waals surface area contributed by atoms with Crippen LogP contribution in [0, 0.1) is 11.7 Å². The lowest BCUT2D eigenvalue weighted by atomic mass is 10.1. The molecule has 0 fully saturated rings. The van der Waals surface area contributed by atoms with Crippen LogP contribution in [-0.2, 0) is 4.79 Å². The molecule has 1 unspecified atom stereocenters. The zero-order chi connectivity index (χ0) is 15.3. The van der Waals surface area contributed by atoms with E-state index >= 15 is 0 Å². The van der Waals surface area contributed by atoms with E-state index in [0.717, 1.165) is 0 Å². The van der Waals surface area contributed by atoms with Gasteiger partial charge < -0.3 is 15.2 Å². The fourth-order valence-electron chi connectivity index (χ4n) is 1.50. The van der Waals surface area contributed by atoms with Crippen molar-refractivity contribution in [2.75, 3.05) is 6.61 Å². The maximum atomic E-state index is 13.7. The Morgan fingerprint density at radius 3 is 2.50 bits per heavy atom. The molecule has 1 rings (SSSR count). The Bertz CT molecular complexity index is 460. The van der Waals surface area contributed by atoms with E-state index in [4.69, 9.17) is 4.74 Å². The first-order valence-corrected chi connectivity index (χ1v) is 6.71. The largest absolute Gasteiger partial charge is 0.481 e. The number of ether oxygens (including phenoxy) is 1. The van der Waals surface area contributed by atoms with Crippen molar-refractivity contribution in [2.24, 2.45) is 5.92 Å². The van der Waals surface area contributed by atoms with Crippen LogP contribution in [0.5, 0.6) is 5.75 Å². The monoisotopic (exact) mass is 283 g/mol. The van der Waals surface area contributed by atoms with E-state index in [9.17, 15) is 14.3 Å². The Balaban J connectivity index is 2.56. The standard InChI is InChI=1S/C15H22FNO3/c1-9(2)10(3)17-15(19)8-20-14-6-5-12(11(4)18)7-13(14)16/h5-7,9-11,18H,8H2,1-4H3,(H,17,19)/t10?,11-/m1/s1. The smallest absolute Gasteiger partial charge is 0.258 e. The van der Waals surface area contributed by atoms with Gasteiger partial charge in [-0.15, -0.1) is 0 Å². The van der Waals surface area contributed by atoms with Gasteiger partial charge in [0.1, 0.15) is 0 Å². The molecule has 0 aromatic heterocycles. The SMILES string of the molecule is CC(C)C(C)NC(=O)COc1ccc([C@@H](C)O)cc1F. The Morgan fingerprint density at radius 2 is 2.00 bits per heavy atom. The maximum Gasteiger partial charge on any atom is 0.258 e. The van der Waals surface area contributed by atoms with Gasteiger partial charge >= 0.3 is 0 Å². The molecule has 0 aliphatic heterocycles. The predicted molar refractivity (Wildman–Crippen MR) is 75.0 cm³/mol. The van der Waals surface area contributed by atoms with Crippen molar-refractivity contribution in [2.45, 2.75) is 39.8 Å². The summed E-state index contributed by atoms with van der Waals surface area (Å²) in [6.07, 6.45) is -0.742. The molecular weight excluding hydrogens is 261 g/mol. The van der Waals surface area contributed by atoms with Crippen LogP contribution < -0.4 is 10.1 Å². The van der Waals surface area contributed by atoms with Gasteiger partial charge in [0.2, 0.25) is 0 Å². The number of halogens is 1. The molecule has 0 saturated carbocycles. The lowest BCUT2D eigenvalue weighted by molar-refractivity contribution is -0.124. The number of hydrogen-bond acceptors (Lipinski definition) is 3. The molecule has 0 bridgehead atoms. The number of rotatable bonds is 6. The molecule has 0 aliphatic carbocycles. The molecule has 1 aromatic rings. The molecule has 20 heavy (non-hydrogen) atoms. The van der Waals surface area contributed by atoms with Gasteiger partial charge in [-0.25, -0.2) is 4.39 Å². The van der Waals surface area contributed by atoms with Gasteiger partial charge in [0, 0.05) is 6.04 Å². The van der Waals surface area contributed by atoms with Crippen LogP contribution in [0.3, 0.4) is 0 Å². The summed E-state index contributed by atoms with van der Waals surface area (Å²) in [5.74, 6) is -0.555. The molecule has 0 spiro atoms. The Hall–Kier alpha value is -1.62. The van der Waals surface area contributed by atoms with Gasteiger partial charge in [-0.1, -0.05) is 19.9 Å². The summed E-state index contributed by atoms with van der Waals surface area (Å²) < 4.78 is 18.8. The van der Waals surface area contributed by atoms with E-state index in [-0.39, 0.29) is 24.3 Å². The summed E-state index contributed by atoms with van der Waals surface area (Å²) in [4.78, 5) is 11.6. The Kier molecular flexibility index (Phi) is 5.95. The molecule has 1 amide bonds. The summed E-state index contributed by atoms with van der Waals surface area (Å²) in [5, 5.41) is 12.1. The Labute approximate surface area is 119 Å². The molecule has 0 saturated heterocycles. The van der Waals surface area contributed by atoms with Gasteiger partial charge in [0.05, 0.1) is 6.10 Å². The van der Waals surface area contributed by atoms with E-state index in [1.165, 1.54) is 12.1 Å². The third-order valence-corrected chi connectivity index (χ3v) is 3.19. The van der Waals surface area contributed by atoms with E-state index in [1.54, 1.807) is 13.0 Å². The zero-order valence-corrected chi connectivity index (χ0v) is 12.3. The highest BCUT2D eigenvalue weighted by Crippen LogP contribution is 2.21. The second-order valence-electron chi connectivity index (χ2n) is 5.25. The number of carbonyl (C=O) groups excluding carboxylic acids is 1. The second-order valence-corrected chi connectivity index (χ2v) is 5.25. The van der Waals surface area contributed by atoms with Crippen LogP contribution in [0.15, 0.2) is 18.2 Å². The van der Waals surface area contributed by atoms with Crippen molar-refractivity contribution in [1.29, 1.82) is 0 Å². The number of amides is 1. The van der Waals surface area contributed by atoms with Gasteiger partial charge in [0.15, 0.2) is 18.2 Å². The molecule has 0 aliphatic rings. The number of nitrogens with one attached hydrogen (secondary N) is 1. The highest BCUT2D eigenvalue weighted by molar-refractivity contribution is 5.77. The van der Waals surface area contributed by atoms with Crippen LogP contribution in [0.4, 0.5) is 4.39 Å². The molecule has 2 N–H and O–H groups in total. The normalized spacial score (nSPS) is 13.9. The third kappa shape index (κ3) is 4.81. The second kappa shape index (κ2) is 7.24. The average molecular weight is 283 g/mol. The maximum absolute atomic E-state index is 13.7. The summed E-state index contributed by atoms with van der Waals surface area (Å²) >= 11 is 0. The third-order valence-electron chi connectivity index (χ3n) is 3.19. The van der Waals surface area contributed by atoms with Gasteiger partial charge in [-0.05, 0) is 37.5 Å². The summed E-state index contributed by atoms with van der Waals surface area (Å²) in [6.45, 7) is 7.22. The number of benzene rings is 1. The van der Waals surface area contributed by atoms with Crippen LogP contribution in [-0.4, -0.2) is 23.7 Å². The molecule has 0 radical (unpaired) electrons. The molecule has 4 nitrogen and oxygen atoms in total. The number of carbonyl (C=O) groups is 1. The summed E-state index contributed by atoms with van der Waals surface area (Å²) in [6, 6.07) is 4.22. The molecule has 0 heterocycles. The van der Waals surface area contributed by atoms with Crippen LogP contribution in [0.1, 0.15) is 39.4 Å². The van der Waals surface area contributed by atoms with Crippen molar-refractivity contribution in [3.8, 4) is 5.75 Å². The zero-order valence-electron chi connectivity index (χ0n) is 12.3. The van der Waals surface area contributed by atoms with Crippen LogP contribution in [0.25, 0.3) is 0 Å². The van der Waals surface area contributed by atoms with Gasteiger partial charge in [-0.3, -0.25) is 4.79 Å². The van der Waals surface area contributed by atoms with E-state index in [1.807, 2.05) is 20.8 Å². The summed E-state index contributed by atoms with van der Waals surface area (Å²) in [7, 11) is 0. The van der Waals surface area contributed by atoms with E-state index in [2.05, 4.69) is 5.32 Å². The molecule has 5 heteroatoms. The van der Waals surface area contributed by atoms with Crippen LogP contribution >= 0.6 is 0 Å². The van der Waals surface area contributed by atoms with E-state index in [0.29, 0.717) is 11.5 Å². The lowest BCUT2D eigenvalue weighted by Gasteiger charge is -2.17. The predicted octanol–water partition coefficient (Wildman–Crippen LogP) is 2.42. The van der Waals surface area contributed by atoms with Crippen molar-refractivity contribution in [1.82, 2.24) is 5.32 Å². The number of aliphatic hydroxyl groups is 1. The first kappa shape index (κ1) is 16.4. The fraction of sp³-hybridized carbons (Fsp3) is 0.533.